The maximum atomic E-state index is 13.7. The minimum atomic E-state index is -3.74. The van der Waals surface area contributed by atoms with Gasteiger partial charge in [0.1, 0.15) is 5.78 Å². The Morgan fingerprint density at radius 3 is 1.85 bits per heavy atom. The first-order valence-corrected chi connectivity index (χ1v) is 31.8. The van der Waals surface area contributed by atoms with E-state index in [1.807, 2.05) is 54.6 Å². The van der Waals surface area contributed by atoms with Crippen LogP contribution in [0.5, 0.6) is 0 Å². The number of aryl methyl sites for hydroxylation is 2. The second-order valence-electron chi connectivity index (χ2n) is 22.2. The molecule has 78 heavy (non-hydrogen) atoms. The maximum absolute atomic E-state index is 13.7. The lowest BCUT2D eigenvalue weighted by atomic mass is 9.83. The van der Waals surface area contributed by atoms with Crippen LogP contribution in [0.25, 0.3) is 0 Å². The molecular formula is C59H81Cl2N7O8S2. The Bertz CT molecular complexity index is 2740. The third kappa shape index (κ3) is 16.8. The molecule has 0 radical (unpaired) electrons. The standard InChI is InChI=1S/C59H81Cl2N7O8S2/c1-42-29-47(60)33-53-55(42)37-65(3)39-57(53)45-11-8-15-51(31-45)77(71,72)41-44-17-21-67(35-44)23-27-75-25-10-14-50(69)13-6-5-7-19-62-59(70)63-20-26-76-28-24-68-22-18-49(36-68)64-78(73,74)52-16-9-12-46(32-52)58-40-66(4)38-56-43(2)30-48(61)34-54(56)58/h8-9,11-12,15-16,29-34,44,49,57-58,64H,5-7,10,13-14,17-28,35-41H2,1-4H3,(H2,62,63,70)/t44-,49-,57?,58?/m1/s1. The average molecular weight is 1150 g/mol. The number of ether oxygens (including phenoxy) is 2. The highest BCUT2D eigenvalue weighted by Gasteiger charge is 2.33. The van der Waals surface area contributed by atoms with Crippen LogP contribution in [-0.4, -0.2) is 166 Å². The number of Topliss-reactive ketones (excluding diaryl/α,β-unsaturated/α-hetero) is 1. The summed E-state index contributed by atoms with van der Waals surface area (Å²) in [6.07, 6.45) is 5.60. The molecule has 2 saturated heterocycles. The Kier molecular flexibility index (Phi) is 21.7. The maximum Gasteiger partial charge on any atom is 0.314 e. The fraction of sp³-hybridized carbons (Fsp3) is 0.559. The van der Waals surface area contributed by atoms with Crippen LogP contribution in [0.4, 0.5) is 4.79 Å². The predicted octanol–water partition coefficient (Wildman–Crippen LogP) is 8.16. The molecule has 426 valence electrons. The lowest BCUT2D eigenvalue weighted by molar-refractivity contribution is -0.119. The molecule has 2 unspecified atom stereocenters. The van der Waals surface area contributed by atoms with Crippen molar-refractivity contribution >= 4 is 54.9 Å². The third-order valence-corrected chi connectivity index (χ3v) is 19.8. The number of likely N-dealkylation sites (tertiary alicyclic amines) is 2. The van der Waals surface area contributed by atoms with Gasteiger partial charge in [-0.05, 0) is 172 Å². The normalized spacial score (nSPS) is 20.4. The first-order valence-electron chi connectivity index (χ1n) is 27.9. The molecule has 0 aliphatic carbocycles. The summed E-state index contributed by atoms with van der Waals surface area (Å²) in [6, 6.07) is 22.4. The number of nitrogens with zero attached hydrogens (tertiary/aromatic N) is 4. The van der Waals surface area contributed by atoms with Crippen LogP contribution in [0.2, 0.25) is 10.0 Å². The van der Waals surface area contributed by atoms with E-state index in [2.05, 4.69) is 62.9 Å². The fourth-order valence-electron chi connectivity index (χ4n) is 11.8. The van der Waals surface area contributed by atoms with Crippen molar-refractivity contribution in [1.82, 2.24) is 35.0 Å². The van der Waals surface area contributed by atoms with Gasteiger partial charge in [0.2, 0.25) is 10.0 Å². The molecule has 4 aliphatic rings. The number of sulfone groups is 1. The van der Waals surface area contributed by atoms with Crippen molar-refractivity contribution in [2.75, 3.05) is 112 Å². The molecule has 4 aromatic carbocycles. The molecule has 4 atom stereocenters. The number of fused-ring (bicyclic) bond motifs is 2. The van der Waals surface area contributed by atoms with Gasteiger partial charge in [-0.2, -0.15) is 0 Å². The van der Waals surface area contributed by atoms with Gasteiger partial charge in [0.25, 0.3) is 0 Å². The first-order chi connectivity index (χ1) is 37.4. The molecule has 19 heteroatoms. The molecule has 0 bridgehead atoms. The molecule has 4 heterocycles. The summed E-state index contributed by atoms with van der Waals surface area (Å²) >= 11 is 13.0. The lowest BCUT2D eigenvalue weighted by Gasteiger charge is -2.34. The van der Waals surface area contributed by atoms with Gasteiger partial charge in [-0.15, -0.1) is 0 Å². The van der Waals surface area contributed by atoms with E-state index in [-0.39, 0.29) is 46.3 Å². The second kappa shape index (κ2) is 28.1. The molecule has 0 saturated carbocycles. The van der Waals surface area contributed by atoms with Crippen molar-refractivity contribution in [3.63, 3.8) is 0 Å². The number of carbonyl (C=O) groups excluding carboxylic acids is 2. The van der Waals surface area contributed by atoms with Crippen LogP contribution >= 0.6 is 23.2 Å². The zero-order valence-corrected chi connectivity index (χ0v) is 49.2. The van der Waals surface area contributed by atoms with E-state index in [4.69, 9.17) is 32.7 Å². The molecule has 8 rings (SSSR count). The summed E-state index contributed by atoms with van der Waals surface area (Å²) in [6.45, 7) is 14.5. The minimum absolute atomic E-state index is 0.0140. The van der Waals surface area contributed by atoms with Crippen molar-refractivity contribution in [3.05, 3.63) is 127 Å². The highest BCUT2D eigenvalue weighted by Crippen LogP contribution is 2.39. The summed E-state index contributed by atoms with van der Waals surface area (Å²) in [7, 11) is -3.04. The molecule has 2 fully saturated rings. The SMILES string of the molecule is Cc1cc(Cl)cc2c1CN(C)CC2c1cccc(S(=O)(=O)C[C@@H]2CCN(CCOCCCC(=O)CCCCCNC(=O)NCCOCCN3CC[C@@H](NS(=O)(=O)c4cccc(C5CN(C)Cc6c(C)cc(Cl)cc65)c4)C3)C2)c1. The van der Waals surface area contributed by atoms with E-state index >= 15 is 0 Å². The Labute approximate surface area is 474 Å². The van der Waals surface area contributed by atoms with Crippen molar-refractivity contribution < 1.29 is 35.9 Å². The Hall–Kier alpha value is -3.98. The van der Waals surface area contributed by atoms with E-state index < -0.39 is 19.9 Å². The molecule has 15 nitrogen and oxygen atoms in total. The minimum Gasteiger partial charge on any atom is -0.380 e. The largest absolute Gasteiger partial charge is 0.380 e. The number of hydrogen-bond acceptors (Lipinski definition) is 12. The van der Waals surface area contributed by atoms with Crippen molar-refractivity contribution in [1.29, 1.82) is 0 Å². The highest BCUT2D eigenvalue weighted by molar-refractivity contribution is 7.91. The summed E-state index contributed by atoms with van der Waals surface area (Å²) in [4.78, 5) is 34.5. The van der Waals surface area contributed by atoms with Crippen LogP contribution in [0.3, 0.4) is 0 Å². The topological polar surface area (TPSA) is 170 Å². The summed E-state index contributed by atoms with van der Waals surface area (Å²) in [5.41, 5.74) is 9.10. The van der Waals surface area contributed by atoms with Gasteiger partial charge in [0.05, 0.1) is 35.4 Å². The number of ketones is 1. The number of sulfonamides is 1. The molecule has 0 spiro atoms. The number of carbonyl (C=O) groups is 2. The number of benzene rings is 4. The van der Waals surface area contributed by atoms with Crippen molar-refractivity contribution in [2.45, 2.75) is 106 Å². The zero-order valence-electron chi connectivity index (χ0n) is 46.0. The summed E-state index contributed by atoms with van der Waals surface area (Å²) in [5.74, 6) is 0.461. The molecule has 3 N–H and O–H groups in total. The summed E-state index contributed by atoms with van der Waals surface area (Å²) in [5, 5.41) is 7.09. The van der Waals surface area contributed by atoms with Crippen LogP contribution in [0.1, 0.15) is 108 Å². The van der Waals surface area contributed by atoms with E-state index in [1.54, 1.807) is 18.2 Å². The molecule has 4 aromatic rings. The lowest BCUT2D eigenvalue weighted by Crippen LogP contribution is -2.38. The monoisotopic (exact) mass is 1150 g/mol. The van der Waals surface area contributed by atoms with Gasteiger partial charge >= 0.3 is 6.03 Å². The van der Waals surface area contributed by atoms with Crippen molar-refractivity contribution in [3.8, 4) is 0 Å². The van der Waals surface area contributed by atoms with Gasteiger partial charge in [-0.25, -0.2) is 26.4 Å². The number of urea groups is 1. The number of likely N-dealkylation sites (N-methyl/N-ethyl adjacent to an activating group) is 2. The molecule has 4 aliphatic heterocycles. The molecule has 0 aromatic heterocycles. The van der Waals surface area contributed by atoms with Gasteiger partial charge in [-0.3, -0.25) is 9.69 Å². The third-order valence-electron chi connectivity index (χ3n) is 15.9. The quantitative estimate of drug-likeness (QED) is 0.0491. The van der Waals surface area contributed by atoms with Crippen LogP contribution < -0.4 is 15.4 Å². The average Bonchev–Trinajstić information content (AvgIpc) is 4.05. The van der Waals surface area contributed by atoms with Crippen molar-refractivity contribution in [2.24, 2.45) is 5.92 Å². The predicted molar refractivity (Wildman–Crippen MR) is 309 cm³/mol. The first kappa shape index (κ1) is 60.1. The number of unbranched alkanes of at least 4 members (excludes halogenated alkanes) is 2. The van der Waals surface area contributed by atoms with Gasteiger partial charge in [0, 0.05) is 113 Å². The highest BCUT2D eigenvalue weighted by atomic mass is 35.5. The van der Waals surface area contributed by atoms with Gasteiger partial charge in [-0.1, -0.05) is 53.9 Å². The van der Waals surface area contributed by atoms with Gasteiger partial charge in [0.15, 0.2) is 9.84 Å². The van der Waals surface area contributed by atoms with E-state index in [9.17, 15) is 26.4 Å². The second-order valence-corrected chi connectivity index (χ2v) is 26.9. The Balaban J connectivity index is 0.610. The fourth-order valence-corrected chi connectivity index (χ4v) is 15.4. The van der Waals surface area contributed by atoms with Crippen LogP contribution in [-0.2, 0) is 47.2 Å². The number of rotatable bonds is 27. The smallest absolute Gasteiger partial charge is 0.314 e. The summed E-state index contributed by atoms with van der Waals surface area (Å²) < 4.78 is 69.2. The zero-order chi connectivity index (χ0) is 55.4. The van der Waals surface area contributed by atoms with Gasteiger partial charge < -0.3 is 34.8 Å². The van der Waals surface area contributed by atoms with Crippen LogP contribution in [0, 0.1) is 19.8 Å². The molecular weight excluding hydrogens is 1070 g/mol. The van der Waals surface area contributed by atoms with Crippen LogP contribution in [0.15, 0.2) is 82.6 Å². The Morgan fingerprint density at radius 1 is 0.628 bits per heavy atom. The Morgan fingerprint density at radius 2 is 1.19 bits per heavy atom. The number of nitrogens with one attached hydrogen (secondary N) is 3. The number of hydrogen-bond donors (Lipinski definition) is 3. The number of amides is 2. The van der Waals surface area contributed by atoms with E-state index in [0.717, 1.165) is 106 Å². The number of halogens is 2. The molecule has 2 amide bonds. The van der Waals surface area contributed by atoms with E-state index in [0.29, 0.717) is 93.2 Å². The van der Waals surface area contributed by atoms with E-state index in [1.165, 1.54) is 16.7 Å².